The molecule has 90 valence electrons. The van der Waals surface area contributed by atoms with Gasteiger partial charge in [-0.15, -0.1) is 0 Å². The van der Waals surface area contributed by atoms with Crippen molar-refractivity contribution in [2.45, 2.75) is 33.3 Å². The van der Waals surface area contributed by atoms with Crippen LogP contribution in [-0.2, 0) is 6.61 Å². The van der Waals surface area contributed by atoms with Gasteiger partial charge in [-0.3, -0.25) is 0 Å². The fraction of sp³-hybridized carbons (Fsp3) is 0.417. The van der Waals surface area contributed by atoms with Crippen LogP contribution in [0.3, 0.4) is 0 Å². The summed E-state index contributed by atoms with van der Waals surface area (Å²) < 4.78 is 1.87. The van der Waals surface area contributed by atoms with Gasteiger partial charge < -0.3 is 9.67 Å². The highest BCUT2D eigenvalue weighted by molar-refractivity contribution is 5.35. The number of aromatic nitrogens is 4. The first kappa shape index (κ1) is 11.7. The molecule has 0 saturated heterocycles. The van der Waals surface area contributed by atoms with Crippen molar-refractivity contribution in [1.29, 1.82) is 0 Å². The fourth-order valence-corrected chi connectivity index (χ4v) is 1.65. The first-order valence-corrected chi connectivity index (χ1v) is 5.60. The van der Waals surface area contributed by atoms with Gasteiger partial charge in [0, 0.05) is 18.3 Å². The molecule has 0 aliphatic heterocycles. The Morgan fingerprint density at radius 2 is 2.12 bits per heavy atom. The van der Waals surface area contributed by atoms with Gasteiger partial charge >= 0.3 is 0 Å². The maximum absolute atomic E-state index is 9.39. The SMILES string of the molecule is Cc1nccn1-c1cnc(C(C)C)nc1CO. The van der Waals surface area contributed by atoms with Gasteiger partial charge in [-0.05, 0) is 6.92 Å². The Morgan fingerprint density at radius 1 is 1.35 bits per heavy atom. The number of imidazole rings is 1. The lowest BCUT2D eigenvalue weighted by molar-refractivity contribution is 0.275. The van der Waals surface area contributed by atoms with Crippen LogP contribution in [0.25, 0.3) is 5.69 Å². The fourth-order valence-electron chi connectivity index (χ4n) is 1.65. The molecule has 2 aromatic rings. The molecule has 0 unspecified atom stereocenters. The van der Waals surface area contributed by atoms with E-state index in [-0.39, 0.29) is 12.5 Å². The molecule has 0 radical (unpaired) electrons. The average Bonchev–Trinajstić information content (AvgIpc) is 2.74. The average molecular weight is 232 g/mol. The summed E-state index contributed by atoms with van der Waals surface area (Å²) in [4.78, 5) is 12.8. The van der Waals surface area contributed by atoms with E-state index >= 15 is 0 Å². The number of rotatable bonds is 3. The summed E-state index contributed by atoms with van der Waals surface area (Å²) in [6, 6.07) is 0. The molecule has 5 heteroatoms. The van der Waals surface area contributed by atoms with Crippen molar-refractivity contribution in [2.75, 3.05) is 0 Å². The van der Waals surface area contributed by atoms with Gasteiger partial charge in [-0.1, -0.05) is 13.8 Å². The highest BCUT2D eigenvalue weighted by Crippen LogP contribution is 2.16. The predicted octanol–water partition coefficient (Wildman–Crippen LogP) is 1.59. The van der Waals surface area contributed by atoms with Crippen molar-refractivity contribution < 1.29 is 5.11 Å². The van der Waals surface area contributed by atoms with Gasteiger partial charge in [0.15, 0.2) is 0 Å². The summed E-state index contributed by atoms with van der Waals surface area (Å²) in [5.74, 6) is 1.84. The van der Waals surface area contributed by atoms with Crippen molar-refractivity contribution in [3.05, 3.63) is 35.9 Å². The van der Waals surface area contributed by atoms with Gasteiger partial charge in [0.05, 0.1) is 24.2 Å². The van der Waals surface area contributed by atoms with E-state index in [1.165, 1.54) is 0 Å². The Bertz CT molecular complexity index is 519. The molecule has 5 nitrogen and oxygen atoms in total. The third kappa shape index (κ3) is 2.19. The lowest BCUT2D eigenvalue weighted by Crippen LogP contribution is -2.08. The van der Waals surface area contributed by atoms with Crippen molar-refractivity contribution in [2.24, 2.45) is 0 Å². The van der Waals surface area contributed by atoms with Crippen LogP contribution in [0.15, 0.2) is 18.6 Å². The second-order valence-corrected chi connectivity index (χ2v) is 4.22. The molecule has 0 amide bonds. The Kier molecular flexibility index (Phi) is 3.19. The van der Waals surface area contributed by atoms with Crippen LogP contribution in [0.4, 0.5) is 0 Å². The summed E-state index contributed by atoms with van der Waals surface area (Å²) in [7, 11) is 0. The number of hydrogen-bond donors (Lipinski definition) is 1. The molecule has 0 saturated carbocycles. The van der Waals surface area contributed by atoms with Crippen molar-refractivity contribution >= 4 is 0 Å². The second kappa shape index (κ2) is 4.63. The molecule has 0 fully saturated rings. The maximum atomic E-state index is 9.39. The Hall–Kier alpha value is -1.75. The smallest absolute Gasteiger partial charge is 0.131 e. The van der Waals surface area contributed by atoms with Crippen LogP contribution < -0.4 is 0 Å². The molecule has 0 spiro atoms. The third-order valence-corrected chi connectivity index (χ3v) is 2.62. The molecule has 0 aliphatic carbocycles. The van der Waals surface area contributed by atoms with Gasteiger partial charge in [0.25, 0.3) is 0 Å². The van der Waals surface area contributed by atoms with Crippen LogP contribution in [0, 0.1) is 6.92 Å². The quantitative estimate of drug-likeness (QED) is 0.872. The first-order chi connectivity index (χ1) is 8.13. The first-order valence-electron chi connectivity index (χ1n) is 5.60. The summed E-state index contributed by atoms with van der Waals surface area (Å²) in [5.41, 5.74) is 1.41. The Balaban J connectivity index is 2.52. The third-order valence-electron chi connectivity index (χ3n) is 2.62. The normalized spacial score (nSPS) is 11.1. The Labute approximate surface area is 100 Å². The van der Waals surface area contributed by atoms with Crippen molar-refractivity contribution in [3.63, 3.8) is 0 Å². The largest absolute Gasteiger partial charge is 0.390 e. The summed E-state index contributed by atoms with van der Waals surface area (Å²) in [6.07, 6.45) is 5.29. The lowest BCUT2D eigenvalue weighted by atomic mass is 10.2. The van der Waals surface area contributed by atoms with Gasteiger partial charge in [0.1, 0.15) is 11.6 Å². The van der Waals surface area contributed by atoms with E-state index in [1.54, 1.807) is 12.4 Å². The molecule has 17 heavy (non-hydrogen) atoms. The molecular weight excluding hydrogens is 216 g/mol. The summed E-state index contributed by atoms with van der Waals surface area (Å²) in [5, 5.41) is 9.39. The molecule has 0 bridgehead atoms. The number of nitrogens with zero attached hydrogens (tertiary/aromatic N) is 4. The zero-order chi connectivity index (χ0) is 12.4. The molecule has 0 atom stereocenters. The predicted molar refractivity (Wildman–Crippen MR) is 63.9 cm³/mol. The minimum Gasteiger partial charge on any atom is -0.390 e. The highest BCUT2D eigenvalue weighted by Gasteiger charge is 2.11. The van der Waals surface area contributed by atoms with E-state index in [9.17, 15) is 5.11 Å². The van der Waals surface area contributed by atoms with E-state index in [4.69, 9.17) is 0 Å². The number of hydrogen-bond acceptors (Lipinski definition) is 4. The van der Waals surface area contributed by atoms with Crippen LogP contribution in [0.5, 0.6) is 0 Å². The van der Waals surface area contributed by atoms with E-state index in [1.807, 2.05) is 31.5 Å². The van der Waals surface area contributed by atoms with E-state index in [0.29, 0.717) is 5.69 Å². The molecule has 1 N–H and O–H groups in total. The summed E-state index contributed by atoms with van der Waals surface area (Å²) in [6.45, 7) is 5.85. The molecule has 2 rings (SSSR count). The minimum atomic E-state index is -0.102. The number of aliphatic hydroxyl groups is 1. The van der Waals surface area contributed by atoms with Crippen LogP contribution in [0.1, 0.15) is 37.1 Å². The topological polar surface area (TPSA) is 63.8 Å². The van der Waals surface area contributed by atoms with Crippen molar-refractivity contribution in [1.82, 2.24) is 19.5 Å². The summed E-state index contributed by atoms with van der Waals surface area (Å²) >= 11 is 0. The lowest BCUT2D eigenvalue weighted by Gasteiger charge is -2.11. The van der Waals surface area contributed by atoms with Gasteiger partial charge in [-0.2, -0.15) is 0 Å². The van der Waals surface area contributed by atoms with E-state index in [0.717, 1.165) is 17.3 Å². The van der Waals surface area contributed by atoms with Gasteiger partial charge in [0.2, 0.25) is 0 Å². The molecular formula is C12H16N4O. The van der Waals surface area contributed by atoms with Crippen LogP contribution >= 0.6 is 0 Å². The molecule has 0 aromatic carbocycles. The van der Waals surface area contributed by atoms with E-state index in [2.05, 4.69) is 15.0 Å². The zero-order valence-corrected chi connectivity index (χ0v) is 10.3. The minimum absolute atomic E-state index is 0.102. The molecule has 2 aromatic heterocycles. The Morgan fingerprint density at radius 3 is 2.65 bits per heavy atom. The number of aliphatic hydroxyl groups excluding tert-OH is 1. The maximum Gasteiger partial charge on any atom is 0.131 e. The van der Waals surface area contributed by atoms with Crippen LogP contribution in [0.2, 0.25) is 0 Å². The number of aryl methyl sites for hydroxylation is 1. The van der Waals surface area contributed by atoms with Crippen LogP contribution in [-0.4, -0.2) is 24.6 Å². The second-order valence-electron chi connectivity index (χ2n) is 4.22. The highest BCUT2D eigenvalue weighted by atomic mass is 16.3. The molecule has 0 aliphatic rings. The van der Waals surface area contributed by atoms with E-state index < -0.39 is 0 Å². The monoisotopic (exact) mass is 232 g/mol. The standard InChI is InChI=1S/C12H16N4O/c1-8(2)12-14-6-11(10(7-17)15-12)16-5-4-13-9(16)3/h4-6,8,17H,7H2,1-3H3. The van der Waals surface area contributed by atoms with Gasteiger partial charge in [-0.25, -0.2) is 15.0 Å². The zero-order valence-electron chi connectivity index (χ0n) is 10.3. The van der Waals surface area contributed by atoms with Crippen molar-refractivity contribution in [3.8, 4) is 5.69 Å². The molecule has 2 heterocycles.